The molecule has 0 aromatic heterocycles. The number of fused-ring (bicyclic) bond motifs is 3. The van der Waals surface area contributed by atoms with Crippen LogP contribution >= 0.6 is 0 Å². The summed E-state index contributed by atoms with van der Waals surface area (Å²) in [5.41, 5.74) is 4.67. The number of Topliss-reactive ketones (excluding diaryl/α,β-unsaturated/α-hetero) is 1. The summed E-state index contributed by atoms with van der Waals surface area (Å²) in [5.74, 6) is 1.98. The van der Waals surface area contributed by atoms with Crippen molar-refractivity contribution in [1.29, 1.82) is 0 Å². The predicted octanol–water partition coefficient (Wildman–Crippen LogP) is 2.55. The van der Waals surface area contributed by atoms with Crippen LogP contribution in [0, 0.1) is 0 Å². The molecular formula is C18H19NO3. The normalized spacial score (nSPS) is 29.4. The Balaban J connectivity index is 1.79. The first kappa shape index (κ1) is 12.7. The maximum absolute atomic E-state index is 12.5. The molecule has 4 aliphatic rings. The van der Waals surface area contributed by atoms with E-state index in [0.29, 0.717) is 19.0 Å². The van der Waals surface area contributed by atoms with Crippen LogP contribution in [0.25, 0.3) is 5.57 Å². The number of hydrogen-bond acceptors (Lipinski definition) is 4. The molecule has 0 amide bonds. The first-order valence-electron chi connectivity index (χ1n) is 8.11. The maximum atomic E-state index is 12.5. The largest absolute Gasteiger partial charge is 0.454 e. The lowest BCUT2D eigenvalue weighted by atomic mass is 9.83. The van der Waals surface area contributed by atoms with Gasteiger partial charge in [0, 0.05) is 13.0 Å². The summed E-state index contributed by atoms with van der Waals surface area (Å²) in [7, 11) is 0. The zero-order valence-electron chi connectivity index (χ0n) is 12.8. The van der Waals surface area contributed by atoms with Gasteiger partial charge in [0.1, 0.15) is 0 Å². The number of nitrogens with zero attached hydrogens (tertiary/aromatic N) is 1. The fourth-order valence-corrected chi connectivity index (χ4v) is 4.85. The van der Waals surface area contributed by atoms with E-state index in [1.54, 1.807) is 0 Å². The minimum atomic E-state index is -0.0554. The molecule has 1 fully saturated rings. The highest BCUT2D eigenvalue weighted by Crippen LogP contribution is 2.53. The molecular weight excluding hydrogens is 278 g/mol. The second-order valence-electron chi connectivity index (χ2n) is 6.83. The average Bonchev–Trinajstić information content (AvgIpc) is 3.15. The van der Waals surface area contributed by atoms with E-state index in [4.69, 9.17) is 9.47 Å². The molecule has 4 heteroatoms. The first-order valence-corrected chi connectivity index (χ1v) is 8.11. The third-order valence-electron chi connectivity index (χ3n) is 5.85. The third-order valence-corrected chi connectivity index (χ3v) is 5.85. The van der Waals surface area contributed by atoms with Crippen LogP contribution in [-0.4, -0.2) is 36.1 Å². The predicted molar refractivity (Wildman–Crippen MR) is 82.0 cm³/mol. The molecule has 0 radical (unpaired) electrons. The van der Waals surface area contributed by atoms with Crippen LogP contribution in [0.4, 0.5) is 0 Å². The van der Waals surface area contributed by atoms with Crippen molar-refractivity contribution >= 4 is 11.4 Å². The van der Waals surface area contributed by atoms with Crippen LogP contribution in [0.2, 0.25) is 0 Å². The molecule has 3 heterocycles. The lowest BCUT2D eigenvalue weighted by molar-refractivity contribution is -0.116. The highest BCUT2D eigenvalue weighted by Gasteiger charge is 2.52. The molecule has 0 saturated carbocycles. The van der Waals surface area contributed by atoms with E-state index in [1.165, 1.54) is 23.1 Å². The van der Waals surface area contributed by atoms with E-state index in [9.17, 15) is 4.79 Å². The molecule has 1 atom stereocenters. The van der Waals surface area contributed by atoms with Gasteiger partial charge in [0.05, 0.1) is 5.54 Å². The minimum absolute atomic E-state index is 0.0554. The fourth-order valence-electron chi connectivity index (χ4n) is 4.85. The van der Waals surface area contributed by atoms with Crippen LogP contribution in [-0.2, 0) is 11.2 Å². The molecule has 114 valence electrons. The van der Waals surface area contributed by atoms with Crippen LogP contribution in [0.3, 0.4) is 0 Å². The van der Waals surface area contributed by atoms with Gasteiger partial charge in [-0.05, 0) is 67.1 Å². The summed E-state index contributed by atoms with van der Waals surface area (Å²) >= 11 is 0. The number of carbonyl (C=O) groups excluding carboxylic acids is 1. The molecule has 1 aromatic rings. The molecule has 0 N–H and O–H groups in total. The van der Waals surface area contributed by atoms with Crippen LogP contribution in [0.1, 0.15) is 37.3 Å². The Morgan fingerprint density at radius 3 is 2.86 bits per heavy atom. The molecule has 0 bridgehead atoms. The number of benzene rings is 1. The van der Waals surface area contributed by atoms with E-state index in [2.05, 4.69) is 17.0 Å². The standard InChI is InChI=1S/C18H19NO3/c1-11-14(20)9-18-4-2-5-19(18)6-3-12-7-15-16(22-10-21-15)8-13(12)17(11)18/h7-8H,2-6,9-10H2,1H3/t18-/m0/s1. The van der Waals surface area contributed by atoms with Crippen molar-refractivity contribution in [1.82, 2.24) is 4.90 Å². The van der Waals surface area contributed by atoms with Gasteiger partial charge in [-0.1, -0.05) is 0 Å². The van der Waals surface area contributed by atoms with Crippen molar-refractivity contribution < 1.29 is 14.3 Å². The molecule has 1 spiro atoms. The monoisotopic (exact) mass is 297 g/mol. The van der Waals surface area contributed by atoms with Crippen molar-refractivity contribution in [3.05, 3.63) is 28.8 Å². The Morgan fingerprint density at radius 1 is 1.18 bits per heavy atom. The smallest absolute Gasteiger partial charge is 0.231 e. The van der Waals surface area contributed by atoms with Crippen LogP contribution in [0.15, 0.2) is 17.7 Å². The Kier molecular flexibility index (Phi) is 2.39. The lowest BCUT2D eigenvalue weighted by Gasteiger charge is -2.35. The molecule has 22 heavy (non-hydrogen) atoms. The number of ether oxygens (including phenoxy) is 2. The SMILES string of the molecule is CC1=C2c3cc4c(cc3CCN3CCC[C@]23CC1=O)OCO4. The second-order valence-corrected chi connectivity index (χ2v) is 6.83. The summed E-state index contributed by atoms with van der Waals surface area (Å²) in [6.45, 7) is 4.43. The van der Waals surface area contributed by atoms with Crippen LogP contribution < -0.4 is 9.47 Å². The Morgan fingerprint density at radius 2 is 2.00 bits per heavy atom. The Hall–Kier alpha value is -1.81. The third kappa shape index (κ3) is 1.44. The van der Waals surface area contributed by atoms with E-state index in [-0.39, 0.29) is 5.54 Å². The van der Waals surface area contributed by atoms with Gasteiger partial charge in [0.2, 0.25) is 6.79 Å². The topological polar surface area (TPSA) is 38.8 Å². The van der Waals surface area contributed by atoms with Gasteiger partial charge >= 0.3 is 0 Å². The van der Waals surface area contributed by atoms with Gasteiger partial charge in [-0.15, -0.1) is 0 Å². The van der Waals surface area contributed by atoms with Gasteiger partial charge in [-0.2, -0.15) is 0 Å². The van der Waals surface area contributed by atoms with Crippen molar-refractivity contribution in [2.45, 2.75) is 38.1 Å². The first-order chi connectivity index (χ1) is 10.7. The molecule has 1 aliphatic carbocycles. The van der Waals surface area contributed by atoms with Gasteiger partial charge in [-0.3, -0.25) is 9.69 Å². The zero-order valence-corrected chi connectivity index (χ0v) is 12.8. The van der Waals surface area contributed by atoms with Gasteiger partial charge < -0.3 is 9.47 Å². The molecule has 1 aromatic carbocycles. The van der Waals surface area contributed by atoms with Gasteiger partial charge in [-0.25, -0.2) is 0 Å². The average molecular weight is 297 g/mol. The van der Waals surface area contributed by atoms with Crippen molar-refractivity contribution in [2.24, 2.45) is 0 Å². The highest BCUT2D eigenvalue weighted by atomic mass is 16.7. The van der Waals surface area contributed by atoms with Crippen molar-refractivity contribution in [3.8, 4) is 11.5 Å². The fraction of sp³-hybridized carbons (Fsp3) is 0.500. The van der Waals surface area contributed by atoms with Crippen LogP contribution in [0.5, 0.6) is 11.5 Å². The molecule has 1 saturated heterocycles. The van der Waals surface area contributed by atoms with E-state index < -0.39 is 0 Å². The molecule has 5 rings (SSSR count). The summed E-state index contributed by atoms with van der Waals surface area (Å²) in [6.07, 6.45) is 3.95. The number of ketones is 1. The maximum Gasteiger partial charge on any atom is 0.231 e. The summed E-state index contributed by atoms with van der Waals surface area (Å²) < 4.78 is 11.1. The van der Waals surface area contributed by atoms with E-state index >= 15 is 0 Å². The van der Waals surface area contributed by atoms with E-state index in [0.717, 1.165) is 43.0 Å². The minimum Gasteiger partial charge on any atom is -0.454 e. The number of rotatable bonds is 0. The molecule has 3 aliphatic heterocycles. The summed E-state index contributed by atoms with van der Waals surface area (Å²) in [5, 5.41) is 0. The Labute approximate surface area is 129 Å². The molecule has 0 unspecified atom stereocenters. The number of hydrogen-bond donors (Lipinski definition) is 0. The second kappa shape index (κ2) is 4.13. The molecule has 4 nitrogen and oxygen atoms in total. The Bertz CT molecular complexity index is 736. The zero-order chi connectivity index (χ0) is 14.9. The van der Waals surface area contributed by atoms with Crippen molar-refractivity contribution in [3.63, 3.8) is 0 Å². The number of carbonyl (C=O) groups is 1. The lowest BCUT2D eigenvalue weighted by Crippen LogP contribution is -2.43. The van der Waals surface area contributed by atoms with Crippen molar-refractivity contribution in [2.75, 3.05) is 19.9 Å². The highest BCUT2D eigenvalue weighted by molar-refractivity contribution is 6.10. The summed E-state index contributed by atoms with van der Waals surface area (Å²) in [6, 6.07) is 4.23. The van der Waals surface area contributed by atoms with Gasteiger partial charge in [0.15, 0.2) is 17.3 Å². The summed E-state index contributed by atoms with van der Waals surface area (Å²) in [4.78, 5) is 15.0. The van der Waals surface area contributed by atoms with E-state index in [1.807, 2.05) is 6.92 Å². The van der Waals surface area contributed by atoms with Gasteiger partial charge in [0.25, 0.3) is 0 Å². The number of allylic oxidation sites excluding steroid dienone is 1. The quantitative estimate of drug-likeness (QED) is 0.738.